The fraction of sp³-hybridized carbons (Fsp3) is 0.118. The lowest BCUT2D eigenvalue weighted by molar-refractivity contribution is 0.102. The van der Waals surface area contributed by atoms with Gasteiger partial charge >= 0.3 is 0 Å². The molecule has 0 saturated heterocycles. The number of amides is 1. The summed E-state index contributed by atoms with van der Waals surface area (Å²) < 4.78 is 12.9. The maximum Gasteiger partial charge on any atom is 0.255 e. The number of carbonyl (C=O) groups is 1. The largest absolute Gasteiger partial charge is 0.320 e. The summed E-state index contributed by atoms with van der Waals surface area (Å²) in [6.07, 6.45) is 4.93. The molecular weight excluding hydrogens is 324 g/mol. The zero-order valence-electron chi connectivity index (χ0n) is 13.0. The molecule has 3 aromatic rings. The highest BCUT2D eigenvalue weighted by Gasteiger charge is 2.11. The van der Waals surface area contributed by atoms with Crippen LogP contribution >= 0.6 is 0 Å². The van der Waals surface area contributed by atoms with Crippen molar-refractivity contribution in [2.45, 2.75) is 5.75 Å². The van der Waals surface area contributed by atoms with Gasteiger partial charge in [0.1, 0.15) is 0 Å². The van der Waals surface area contributed by atoms with Crippen molar-refractivity contribution in [2.24, 2.45) is 0 Å². The predicted octanol–water partition coefficient (Wildman–Crippen LogP) is 2.40. The first-order valence-corrected chi connectivity index (χ1v) is 9.02. The van der Waals surface area contributed by atoms with Crippen molar-refractivity contribution in [3.05, 3.63) is 72.1 Å². The number of anilines is 1. The van der Waals surface area contributed by atoms with E-state index >= 15 is 0 Å². The maximum atomic E-state index is 12.5. The van der Waals surface area contributed by atoms with E-state index in [1.165, 1.54) is 0 Å². The van der Waals surface area contributed by atoms with Gasteiger partial charge < -0.3 is 5.32 Å². The van der Waals surface area contributed by atoms with E-state index in [9.17, 15) is 9.00 Å². The molecule has 122 valence electrons. The van der Waals surface area contributed by atoms with Crippen LogP contribution in [0.15, 0.2) is 60.9 Å². The van der Waals surface area contributed by atoms with E-state index in [-0.39, 0.29) is 5.91 Å². The van der Waals surface area contributed by atoms with Gasteiger partial charge in [0.2, 0.25) is 0 Å². The van der Waals surface area contributed by atoms with Crippen molar-refractivity contribution in [1.29, 1.82) is 0 Å². The summed E-state index contributed by atoms with van der Waals surface area (Å²) in [5.74, 6) is 0.197. The van der Waals surface area contributed by atoms with Gasteiger partial charge in [-0.1, -0.05) is 29.5 Å². The number of aromatic nitrogens is 3. The number of nitrogens with one attached hydrogen (secondary N) is 1. The van der Waals surface area contributed by atoms with Gasteiger partial charge in [-0.05, 0) is 29.8 Å². The minimum atomic E-state index is -0.950. The minimum Gasteiger partial charge on any atom is -0.320 e. The lowest BCUT2D eigenvalue weighted by atomic mass is 10.1. The highest BCUT2D eigenvalue weighted by atomic mass is 32.2. The molecule has 3 rings (SSSR count). The predicted molar refractivity (Wildman–Crippen MR) is 93.5 cm³/mol. The molecule has 0 aliphatic heterocycles. The Hall–Kier alpha value is -2.80. The van der Waals surface area contributed by atoms with Crippen LogP contribution in [-0.4, -0.2) is 31.4 Å². The van der Waals surface area contributed by atoms with Gasteiger partial charge in [0.05, 0.1) is 23.8 Å². The van der Waals surface area contributed by atoms with E-state index in [1.54, 1.807) is 47.6 Å². The fourth-order valence-electron chi connectivity index (χ4n) is 2.35. The average Bonchev–Trinajstić information content (AvgIpc) is 3.09. The van der Waals surface area contributed by atoms with Crippen LogP contribution in [0.4, 0.5) is 5.69 Å². The lowest BCUT2D eigenvalue weighted by Crippen LogP contribution is -2.14. The van der Waals surface area contributed by atoms with Crippen LogP contribution in [0.2, 0.25) is 0 Å². The van der Waals surface area contributed by atoms with Gasteiger partial charge in [0.15, 0.2) is 0 Å². The van der Waals surface area contributed by atoms with Gasteiger partial charge in [-0.2, -0.15) is 0 Å². The smallest absolute Gasteiger partial charge is 0.255 e. The molecule has 0 radical (unpaired) electrons. The van der Waals surface area contributed by atoms with Crippen molar-refractivity contribution < 1.29 is 9.00 Å². The lowest BCUT2D eigenvalue weighted by Gasteiger charge is -2.11. The average molecular weight is 340 g/mol. The van der Waals surface area contributed by atoms with Gasteiger partial charge in [-0.15, -0.1) is 5.10 Å². The van der Waals surface area contributed by atoms with Crippen molar-refractivity contribution in [2.75, 3.05) is 11.6 Å². The van der Waals surface area contributed by atoms with Gasteiger partial charge in [-0.25, -0.2) is 4.68 Å². The normalized spacial score (nSPS) is 11.9. The maximum absolute atomic E-state index is 12.5. The number of nitrogens with zero attached hydrogens (tertiary/aromatic N) is 3. The summed E-state index contributed by atoms with van der Waals surface area (Å²) in [5.41, 5.74) is 2.76. The fourth-order valence-corrected chi connectivity index (χ4v) is 3.00. The molecule has 1 heterocycles. The molecule has 6 nitrogen and oxygen atoms in total. The third kappa shape index (κ3) is 3.75. The second-order valence-electron chi connectivity index (χ2n) is 5.24. The second kappa shape index (κ2) is 7.18. The molecule has 0 fully saturated rings. The Bertz CT molecular complexity index is 878. The Kier molecular flexibility index (Phi) is 4.81. The molecule has 1 atom stereocenters. The number of hydrogen-bond donors (Lipinski definition) is 1. The monoisotopic (exact) mass is 340 g/mol. The van der Waals surface area contributed by atoms with Crippen LogP contribution in [0, 0.1) is 0 Å². The molecule has 2 aromatic carbocycles. The van der Waals surface area contributed by atoms with Crippen molar-refractivity contribution >= 4 is 22.4 Å². The number of para-hydroxylation sites is 2. The van der Waals surface area contributed by atoms with Crippen molar-refractivity contribution in [3.63, 3.8) is 0 Å². The van der Waals surface area contributed by atoms with Gasteiger partial charge in [-0.3, -0.25) is 9.00 Å². The molecule has 7 heteroatoms. The molecule has 1 N–H and O–H groups in total. The zero-order chi connectivity index (χ0) is 16.9. The second-order valence-corrected chi connectivity index (χ2v) is 6.67. The zero-order valence-corrected chi connectivity index (χ0v) is 13.9. The van der Waals surface area contributed by atoms with E-state index in [0.717, 1.165) is 11.3 Å². The van der Waals surface area contributed by atoms with E-state index < -0.39 is 10.8 Å². The summed E-state index contributed by atoms with van der Waals surface area (Å²) in [5, 5.41) is 10.6. The number of hydrogen-bond acceptors (Lipinski definition) is 4. The van der Waals surface area contributed by atoms with Crippen molar-refractivity contribution in [3.8, 4) is 5.69 Å². The summed E-state index contributed by atoms with van der Waals surface area (Å²) in [7, 11) is -0.950. The van der Waals surface area contributed by atoms with Crippen LogP contribution < -0.4 is 5.32 Å². The molecule has 24 heavy (non-hydrogen) atoms. The first-order valence-electron chi connectivity index (χ1n) is 7.29. The summed E-state index contributed by atoms with van der Waals surface area (Å²) in [4.78, 5) is 12.5. The molecule has 0 spiro atoms. The van der Waals surface area contributed by atoms with E-state index in [1.807, 2.05) is 24.3 Å². The first kappa shape index (κ1) is 16.1. The standard InChI is InChI=1S/C17H16N4O2S/c1-24(23)12-13-5-4-6-14(11-13)17(22)19-15-7-2-3-8-16(15)21-10-9-18-20-21/h2-11H,12H2,1H3,(H,19,22)/t24-/m1/s1. The summed E-state index contributed by atoms with van der Waals surface area (Å²) >= 11 is 0. The molecule has 0 bridgehead atoms. The molecule has 1 amide bonds. The Morgan fingerprint density at radius 3 is 2.79 bits per heavy atom. The molecular formula is C17H16N4O2S. The topological polar surface area (TPSA) is 76.9 Å². The highest BCUT2D eigenvalue weighted by molar-refractivity contribution is 7.83. The Morgan fingerprint density at radius 2 is 2.04 bits per heavy atom. The van der Waals surface area contributed by atoms with Crippen molar-refractivity contribution in [1.82, 2.24) is 15.0 Å². The minimum absolute atomic E-state index is 0.230. The summed E-state index contributed by atoms with van der Waals surface area (Å²) in [6, 6.07) is 14.5. The Balaban J connectivity index is 1.85. The number of rotatable bonds is 5. The Labute approximate surface area is 142 Å². The number of benzene rings is 2. The molecule has 0 saturated carbocycles. The third-order valence-electron chi connectivity index (χ3n) is 3.38. The molecule has 1 aromatic heterocycles. The molecule has 0 aliphatic rings. The van der Waals surface area contributed by atoms with Crippen LogP contribution in [0.5, 0.6) is 0 Å². The van der Waals surface area contributed by atoms with Gasteiger partial charge in [0.25, 0.3) is 5.91 Å². The third-order valence-corrected chi connectivity index (χ3v) is 4.12. The number of carbonyl (C=O) groups excluding carboxylic acids is 1. The Morgan fingerprint density at radius 1 is 1.21 bits per heavy atom. The summed E-state index contributed by atoms with van der Waals surface area (Å²) in [6.45, 7) is 0. The SMILES string of the molecule is C[S@@](=O)Cc1cccc(C(=O)Nc2ccccc2-n2ccnn2)c1. The van der Waals surface area contributed by atoms with E-state index in [4.69, 9.17) is 0 Å². The molecule has 0 aliphatic carbocycles. The van der Waals surface area contributed by atoms with Crippen LogP contribution in [0.1, 0.15) is 15.9 Å². The highest BCUT2D eigenvalue weighted by Crippen LogP contribution is 2.20. The van der Waals surface area contributed by atoms with Crippen LogP contribution in [-0.2, 0) is 16.6 Å². The van der Waals surface area contributed by atoms with Crippen LogP contribution in [0.25, 0.3) is 5.69 Å². The van der Waals surface area contributed by atoms with Crippen LogP contribution in [0.3, 0.4) is 0 Å². The first-order chi connectivity index (χ1) is 11.6. The molecule has 0 unspecified atom stereocenters. The van der Waals surface area contributed by atoms with E-state index in [0.29, 0.717) is 17.0 Å². The quantitative estimate of drug-likeness (QED) is 0.774. The van der Waals surface area contributed by atoms with E-state index in [2.05, 4.69) is 15.6 Å². The van der Waals surface area contributed by atoms with Gasteiger partial charge in [0, 0.05) is 28.4 Å².